The molecule has 134 valence electrons. The van der Waals surface area contributed by atoms with E-state index in [1.54, 1.807) is 11.3 Å². The van der Waals surface area contributed by atoms with Gasteiger partial charge in [0.25, 0.3) is 0 Å². The van der Waals surface area contributed by atoms with E-state index in [0.717, 1.165) is 23.9 Å². The highest BCUT2D eigenvalue weighted by Crippen LogP contribution is 2.34. The van der Waals surface area contributed by atoms with Crippen LogP contribution in [-0.2, 0) is 12.5 Å². The number of aryl methyl sites for hydroxylation is 1. The Morgan fingerprint density at radius 1 is 1.08 bits per heavy atom. The molecule has 0 aliphatic rings. The van der Waals surface area contributed by atoms with Crippen molar-refractivity contribution in [1.29, 1.82) is 0 Å². The number of benzene rings is 2. The van der Waals surface area contributed by atoms with Crippen LogP contribution in [0.1, 0.15) is 50.7 Å². The van der Waals surface area contributed by atoms with Crippen LogP contribution in [0.5, 0.6) is 0 Å². The molecular weight excluding hydrogens is 338 g/mol. The van der Waals surface area contributed by atoms with Crippen LogP contribution in [0, 0.1) is 0 Å². The van der Waals surface area contributed by atoms with E-state index in [9.17, 15) is 0 Å². The number of imidazole rings is 1. The SMILES string of the molecule is CC(CCC(C)(C)c1ccc2c(c1)ncn2C)c1ccc2scnc2c1. The lowest BCUT2D eigenvalue weighted by Crippen LogP contribution is -2.18. The van der Waals surface area contributed by atoms with Crippen LogP contribution in [0.25, 0.3) is 21.3 Å². The lowest BCUT2D eigenvalue weighted by atomic mass is 9.78. The van der Waals surface area contributed by atoms with Crippen LogP contribution in [0.3, 0.4) is 0 Å². The number of hydrogen-bond donors (Lipinski definition) is 0. The molecule has 0 N–H and O–H groups in total. The second-order valence-electron chi connectivity index (χ2n) is 7.96. The zero-order chi connectivity index (χ0) is 18.3. The standard InChI is InChI=1S/C22H25N3S/c1-15(16-5-8-21-19(11-16)24-14-26-21)9-10-22(2,3)17-6-7-20-18(12-17)23-13-25(20)4/h5-8,11-15H,9-10H2,1-4H3. The molecule has 0 amide bonds. The Labute approximate surface area is 158 Å². The highest BCUT2D eigenvalue weighted by Gasteiger charge is 2.22. The van der Waals surface area contributed by atoms with E-state index < -0.39 is 0 Å². The number of hydrogen-bond acceptors (Lipinski definition) is 3. The van der Waals surface area contributed by atoms with Crippen LogP contribution >= 0.6 is 11.3 Å². The molecule has 0 saturated carbocycles. The number of nitrogens with zero attached hydrogens (tertiary/aromatic N) is 3. The van der Waals surface area contributed by atoms with Gasteiger partial charge in [-0.1, -0.05) is 32.9 Å². The molecule has 0 aliphatic carbocycles. The maximum absolute atomic E-state index is 4.52. The van der Waals surface area contributed by atoms with Gasteiger partial charge < -0.3 is 4.57 Å². The smallest absolute Gasteiger partial charge is 0.0955 e. The number of thiazole rings is 1. The molecule has 0 spiro atoms. The van der Waals surface area contributed by atoms with E-state index in [2.05, 4.69) is 71.7 Å². The Bertz CT molecular complexity index is 1060. The topological polar surface area (TPSA) is 30.7 Å². The van der Waals surface area contributed by atoms with Gasteiger partial charge in [0.1, 0.15) is 0 Å². The van der Waals surface area contributed by atoms with Gasteiger partial charge in [-0.25, -0.2) is 9.97 Å². The highest BCUT2D eigenvalue weighted by molar-refractivity contribution is 7.16. The summed E-state index contributed by atoms with van der Waals surface area (Å²) in [5.41, 5.74) is 8.21. The van der Waals surface area contributed by atoms with E-state index in [1.807, 2.05) is 18.9 Å². The van der Waals surface area contributed by atoms with Crippen LogP contribution in [0.15, 0.2) is 48.2 Å². The molecule has 26 heavy (non-hydrogen) atoms. The van der Waals surface area contributed by atoms with Crippen LogP contribution in [0.4, 0.5) is 0 Å². The molecule has 2 aromatic heterocycles. The zero-order valence-corrected chi connectivity index (χ0v) is 16.7. The largest absolute Gasteiger partial charge is 0.334 e. The minimum atomic E-state index is 0.130. The first kappa shape index (κ1) is 17.2. The van der Waals surface area contributed by atoms with Crippen molar-refractivity contribution < 1.29 is 0 Å². The fourth-order valence-corrected chi connectivity index (χ4v) is 4.29. The highest BCUT2D eigenvalue weighted by atomic mass is 32.1. The van der Waals surface area contributed by atoms with Crippen LogP contribution < -0.4 is 0 Å². The summed E-state index contributed by atoms with van der Waals surface area (Å²) in [6.07, 6.45) is 4.18. The quantitative estimate of drug-likeness (QED) is 0.432. The Morgan fingerprint density at radius 3 is 2.77 bits per heavy atom. The molecule has 4 heteroatoms. The lowest BCUT2D eigenvalue weighted by Gasteiger charge is -2.27. The van der Waals surface area contributed by atoms with E-state index in [1.165, 1.54) is 21.3 Å². The van der Waals surface area contributed by atoms with Crippen molar-refractivity contribution in [2.75, 3.05) is 0 Å². The summed E-state index contributed by atoms with van der Waals surface area (Å²) in [5, 5.41) is 0. The second-order valence-corrected chi connectivity index (χ2v) is 8.85. The molecule has 1 unspecified atom stereocenters. The van der Waals surface area contributed by atoms with Crippen LogP contribution in [0.2, 0.25) is 0 Å². The van der Waals surface area contributed by atoms with Gasteiger partial charge >= 0.3 is 0 Å². The second kappa shape index (κ2) is 6.51. The van der Waals surface area contributed by atoms with Crippen molar-refractivity contribution in [3.05, 3.63) is 59.4 Å². The minimum Gasteiger partial charge on any atom is -0.334 e. The molecule has 2 heterocycles. The van der Waals surface area contributed by atoms with Crippen molar-refractivity contribution in [2.45, 2.75) is 44.9 Å². The van der Waals surface area contributed by atoms with Gasteiger partial charge in [0.05, 0.1) is 33.1 Å². The van der Waals surface area contributed by atoms with Gasteiger partial charge in [-0.15, -0.1) is 11.3 Å². The maximum Gasteiger partial charge on any atom is 0.0955 e. The third-order valence-corrected chi connectivity index (χ3v) is 6.44. The summed E-state index contributed by atoms with van der Waals surface area (Å²) in [6, 6.07) is 13.4. The molecule has 4 rings (SSSR count). The molecule has 3 nitrogen and oxygen atoms in total. The monoisotopic (exact) mass is 363 g/mol. The number of fused-ring (bicyclic) bond motifs is 2. The van der Waals surface area contributed by atoms with Crippen molar-refractivity contribution in [2.24, 2.45) is 7.05 Å². The zero-order valence-electron chi connectivity index (χ0n) is 15.9. The third-order valence-electron chi connectivity index (χ3n) is 5.63. The average Bonchev–Trinajstić information content (AvgIpc) is 3.25. The van der Waals surface area contributed by atoms with Gasteiger partial charge in [-0.05, 0) is 59.6 Å². The predicted molar refractivity (Wildman–Crippen MR) is 111 cm³/mol. The van der Waals surface area contributed by atoms with Gasteiger partial charge in [0.15, 0.2) is 0 Å². The van der Waals surface area contributed by atoms with Crippen molar-refractivity contribution in [3.8, 4) is 0 Å². The van der Waals surface area contributed by atoms with Crippen LogP contribution in [-0.4, -0.2) is 14.5 Å². The van der Waals surface area contributed by atoms with Crippen molar-refractivity contribution >= 4 is 32.6 Å². The molecule has 0 bridgehead atoms. The van der Waals surface area contributed by atoms with E-state index in [0.29, 0.717) is 5.92 Å². The molecule has 2 aromatic carbocycles. The first-order valence-corrected chi connectivity index (χ1v) is 10.1. The fraction of sp³-hybridized carbons (Fsp3) is 0.364. The Morgan fingerprint density at radius 2 is 1.92 bits per heavy atom. The third kappa shape index (κ3) is 3.14. The van der Waals surface area contributed by atoms with Gasteiger partial charge in [0.2, 0.25) is 0 Å². The summed E-state index contributed by atoms with van der Waals surface area (Å²) >= 11 is 1.71. The van der Waals surface area contributed by atoms with Gasteiger partial charge in [-0.3, -0.25) is 0 Å². The number of rotatable bonds is 5. The first-order valence-electron chi connectivity index (χ1n) is 9.19. The molecule has 0 saturated heterocycles. The number of aromatic nitrogens is 3. The average molecular weight is 364 g/mol. The van der Waals surface area contributed by atoms with Crippen molar-refractivity contribution in [3.63, 3.8) is 0 Å². The Balaban J connectivity index is 1.50. The minimum absolute atomic E-state index is 0.130. The van der Waals surface area contributed by atoms with Crippen molar-refractivity contribution in [1.82, 2.24) is 14.5 Å². The summed E-state index contributed by atoms with van der Waals surface area (Å²) in [5.74, 6) is 0.527. The first-order chi connectivity index (χ1) is 12.4. The molecule has 4 aromatic rings. The summed E-state index contributed by atoms with van der Waals surface area (Å²) in [6.45, 7) is 7.01. The summed E-state index contributed by atoms with van der Waals surface area (Å²) < 4.78 is 3.34. The fourth-order valence-electron chi connectivity index (χ4n) is 3.63. The summed E-state index contributed by atoms with van der Waals surface area (Å²) in [7, 11) is 2.04. The summed E-state index contributed by atoms with van der Waals surface area (Å²) in [4.78, 5) is 8.97. The molecule has 1 atom stereocenters. The molecule has 0 fully saturated rings. The van der Waals surface area contributed by atoms with E-state index >= 15 is 0 Å². The lowest BCUT2D eigenvalue weighted by molar-refractivity contribution is 0.440. The molecule has 0 aliphatic heterocycles. The van der Waals surface area contributed by atoms with Gasteiger partial charge in [0, 0.05) is 7.05 Å². The van der Waals surface area contributed by atoms with Gasteiger partial charge in [-0.2, -0.15) is 0 Å². The van der Waals surface area contributed by atoms with E-state index in [4.69, 9.17) is 0 Å². The normalized spacial score (nSPS) is 13.5. The van der Waals surface area contributed by atoms with E-state index in [-0.39, 0.29) is 5.41 Å². The Kier molecular flexibility index (Phi) is 4.31. The predicted octanol–water partition coefficient (Wildman–Crippen LogP) is 6.04. The maximum atomic E-state index is 4.52. The molecule has 0 radical (unpaired) electrons. The molecular formula is C22H25N3S. The Hall–Kier alpha value is -2.20.